The van der Waals surface area contributed by atoms with Gasteiger partial charge in [-0.2, -0.15) is 0 Å². The van der Waals surface area contributed by atoms with Crippen molar-refractivity contribution in [3.05, 3.63) is 24.3 Å². The molecule has 0 aromatic heterocycles. The van der Waals surface area contributed by atoms with Crippen molar-refractivity contribution >= 4 is 5.69 Å². The van der Waals surface area contributed by atoms with E-state index in [2.05, 4.69) is 17.0 Å². The zero-order valence-corrected chi connectivity index (χ0v) is 11.7. The summed E-state index contributed by atoms with van der Waals surface area (Å²) in [6.07, 6.45) is 0.585. The van der Waals surface area contributed by atoms with Crippen molar-refractivity contribution in [1.82, 2.24) is 0 Å². The molecule has 0 bridgehead atoms. The molecule has 0 aliphatic carbocycles. The van der Waals surface area contributed by atoms with Gasteiger partial charge in [-0.25, -0.2) is 0 Å². The number of benzene rings is 1. The van der Waals surface area contributed by atoms with Crippen LogP contribution in [-0.4, -0.2) is 36.9 Å². The van der Waals surface area contributed by atoms with Gasteiger partial charge in [0, 0.05) is 30.7 Å². The van der Waals surface area contributed by atoms with Gasteiger partial charge in [-0.05, 0) is 44.5 Å². The van der Waals surface area contributed by atoms with Crippen LogP contribution in [0.5, 0.6) is 5.75 Å². The minimum absolute atomic E-state index is 0.125. The maximum Gasteiger partial charge on any atom is 0.119 e. The van der Waals surface area contributed by atoms with E-state index in [1.807, 2.05) is 26.0 Å². The van der Waals surface area contributed by atoms with Crippen LogP contribution in [0.15, 0.2) is 24.3 Å². The van der Waals surface area contributed by atoms with Crippen LogP contribution >= 0.6 is 0 Å². The van der Waals surface area contributed by atoms with Crippen LogP contribution in [0, 0.1) is 5.92 Å². The third-order valence-electron chi connectivity index (χ3n) is 3.71. The number of ether oxygens (including phenoxy) is 1. The zero-order valence-electron chi connectivity index (χ0n) is 11.7. The number of nitrogens with zero attached hydrogens (tertiary/aromatic N) is 1. The maximum atomic E-state index is 9.77. The van der Waals surface area contributed by atoms with Gasteiger partial charge >= 0.3 is 0 Å². The summed E-state index contributed by atoms with van der Waals surface area (Å²) >= 11 is 0. The Labute approximate surface area is 115 Å². The van der Waals surface area contributed by atoms with Gasteiger partial charge in [0.2, 0.25) is 0 Å². The van der Waals surface area contributed by atoms with E-state index in [9.17, 15) is 5.11 Å². The van der Waals surface area contributed by atoms with Crippen LogP contribution in [0.4, 0.5) is 5.69 Å². The van der Waals surface area contributed by atoms with E-state index < -0.39 is 0 Å². The fraction of sp³-hybridized carbons (Fsp3) is 0.600. The van der Waals surface area contributed by atoms with Gasteiger partial charge in [0.15, 0.2) is 0 Å². The van der Waals surface area contributed by atoms with Gasteiger partial charge in [-0.15, -0.1) is 0 Å². The SMILES string of the molecule is CCOc1ccc(N2CC(N)CC(C(C)O)C2)cc1. The lowest BCUT2D eigenvalue weighted by molar-refractivity contribution is 0.110. The summed E-state index contributed by atoms with van der Waals surface area (Å²) in [6.45, 7) is 6.21. The Morgan fingerprint density at radius 3 is 2.63 bits per heavy atom. The van der Waals surface area contributed by atoms with Crippen LogP contribution in [0.1, 0.15) is 20.3 Å². The molecule has 106 valence electrons. The van der Waals surface area contributed by atoms with E-state index in [1.165, 1.54) is 0 Å². The summed E-state index contributed by atoms with van der Waals surface area (Å²) in [4.78, 5) is 2.25. The fourth-order valence-electron chi connectivity index (χ4n) is 2.66. The smallest absolute Gasteiger partial charge is 0.119 e. The molecule has 0 radical (unpaired) electrons. The number of nitrogens with two attached hydrogens (primary N) is 1. The Balaban J connectivity index is 2.07. The van der Waals surface area contributed by atoms with Gasteiger partial charge in [0.05, 0.1) is 12.7 Å². The van der Waals surface area contributed by atoms with E-state index in [0.29, 0.717) is 6.61 Å². The van der Waals surface area contributed by atoms with E-state index >= 15 is 0 Å². The molecule has 3 atom stereocenters. The number of hydrogen-bond donors (Lipinski definition) is 2. The summed E-state index contributed by atoms with van der Waals surface area (Å²) in [6, 6.07) is 8.21. The number of aliphatic hydroxyl groups is 1. The molecule has 1 aliphatic rings. The average Bonchev–Trinajstić information content (AvgIpc) is 2.39. The lowest BCUT2D eigenvalue weighted by Crippen LogP contribution is -2.49. The lowest BCUT2D eigenvalue weighted by Gasteiger charge is -2.39. The first-order valence-corrected chi connectivity index (χ1v) is 7.01. The topological polar surface area (TPSA) is 58.7 Å². The second-order valence-electron chi connectivity index (χ2n) is 5.33. The van der Waals surface area contributed by atoms with Crippen molar-refractivity contribution in [2.24, 2.45) is 11.7 Å². The molecule has 1 heterocycles. The first kappa shape index (κ1) is 14.2. The fourth-order valence-corrected chi connectivity index (χ4v) is 2.66. The van der Waals surface area contributed by atoms with Crippen LogP contribution < -0.4 is 15.4 Å². The highest BCUT2D eigenvalue weighted by atomic mass is 16.5. The number of anilines is 1. The highest BCUT2D eigenvalue weighted by Crippen LogP contribution is 2.26. The Morgan fingerprint density at radius 2 is 2.05 bits per heavy atom. The molecule has 4 heteroatoms. The van der Waals surface area contributed by atoms with Crippen molar-refractivity contribution in [3.8, 4) is 5.75 Å². The molecule has 4 nitrogen and oxygen atoms in total. The Kier molecular flexibility index (Phi) is 4.66. The van der Waals surface area contributed by atoms with E-state index in [4.69, 9.17) is 10.5 Å². The number of piperidine rings is 1. The first-order valence-electron chi connectivity index (χ1n) is 7.01. The molecule has 1 aliphatic heterocycles. The molecule has 19 heavy (non-hydrogen) atoms. The zero-order chi connectivity index (χ0) is 13.8. The van der Waals surface area contributed by atoms with Crippen molar-refractivity contribution in [1.29, 1.82) is 0 Å². The summed E-state index contributed by atoms with van der Waals surface area (Å²) < 4.78 is 5.45. The molecule has 0 amide bonds. The van der Waals surface area contributed by atoms with Crippen molar-refractivity contribution in [3.63, 3.8) is 0 Å². The molecule has 3 N–H and O–H groups in total. The van der Waals surface area contributed by atoms with Gasteiger partial charge in [0.25, 0.3) is 0 Å². The summed E-state index contributed by atoms with van der Waals surface area (Å²) in [7, 11) is 0. The standard InChI is InChI=1S/C15H24N2O2/c1-3-19-15-6-4-14(5-7-15)17-9-12(11(2)18)8-13(16)10-17/h4-7,11-13,18H,3,8-10,16H2,1-2H3. The number of hydrogen-bond acceptors (Lipinski definition) is 4. The van der Waals surface area contributed by atoms with E-state index in [0.717, 1.165) is 30.9 Å². The number of aliphatic hydroxyl groups excluding tert-OH is 1. The molecule has 2 rings (SSSR count). The molecule has 1 fully saturated rings. The average molecular weight is 264 g/mol. The van der Waals surface area contributed by atoms with Crippen molar-refractivity contribution < 1.29 is 9.84 Å². The minimum Gasteiger partial charge on any atom is -0.494 e. The molecule has 0 saturated carbocycles. The van der Waals surface area contributed by atoms with Crippen LogP contribution in [0.3, 0.4) is 0 Å². The highest BCUT2D eigenvalue weighted by molar-refractivity contribution is 5.49. The van der Waals surface area contributed by atoms with E-state index in [1.54, 1.807) is 0 Å². The minimum atomic E-state index is -0.309. The quantitative estimate of drug-likeness (QED) is 0.867. The van der Waals surface area contributed by atoms with Crippen LogP contribution in [0.25, 0.3) is 0 Å². The van der Waals surface area contributed by atoms with Crippen molar-refractivity contribution in [2.45, 2.75) is 32.4 Å². The first-order chi connectivity index (χ1) is 9.10. The molecule has 1 aromatic carbocycles. The molecule has 1 saturated heterocycles. The molecular formula is C15H24N2O2. The molecule has 3 unspecified atom stereocenters. The summed E-state index contributed by atoms with van der Waals surface area (Å²) in [5.41, 5.74) is 7.23. The highest BCUT2D eigenvalue weighted by Gasteiger charge is 2.28. The van der Waals surface area contributed by atoms with Crippen molar-refractivity contribution in [2.75, 3.05) is 24.6 Å². The monoisotopic (exact) mass is 264 g/mol. The predicted molar refractivity (Wildman–Crippen MR) is 77.6 cm³/mol. The summed E-state index contributed by atoms with van der Waals surface area (Å²) in [5, 5.41) is 9.77. The second-order valence-corrected chi connectivity index (χ2v) is 5.33. The van der Waals surface area contributed by atoms with Gasteiger partial charge < -0.3 is 20.5 Å². The van der Waals surface area contributed by atoms with Crippen LogP contribution in [-0.2, 0) is 0 Å². The van der Waals surface area contributed by atoms with E-state index in [-0.39, 0.29) is 18.1 Å². The predicted octanol–water partition coefficient (Wildman–Crippen LogP) is 1.62. The Morgan fingerprint density at radius 1 is 1.37 bits per heavy atom. The largest absolute Gasteiger partial charge is 0.494 e. The lowest BCUT2D eigenvalue weighted by atomic mass is 9.90. The molecule has 1 aromatic rings. The third kappa shape index (κ3) is 3.61. The van der Waals surface area contributed by atoms with Crippen LogP contribution in [0.2, 0.25) is 0 Å². The Bertz CT molecular complexity index is 392. The number of rotatable bonds is 4. The van der Waals surface area contributed by atoms with Gasteiger partial charge in [-0.1, -0.05) is 0 Å². The van der Waals surface area contributed by atoms with Gasteiger partial charge in [-0.3, -0.25) is 0 Å². The summed E-state index contributed by atoms with van der Waals surface area (Å²) in [5.74, 6) is 1.13. The Hall–Kier alpha value is -1.26. The maximum absolute atomic E-state index is 9.77. The second kappa shape index (κ2) is 6.26. The third-order valence-corrected chi connectivity index (χ3v) is 3.71. The normalized spacial score (nSPS) is 25.2. The van der Waals surface area contributed by atoms with Gasteiger partial charge in [0.1, 0.15) is 5.75 Å². The molecule has 0 spiro atoms. The molecular weight excluding hydrogens is 240 g/mol.